The number of nitrogens with zero attached hydrogens (tertiary/aromatic N) is 2. The van der Waals surface area contributed by atoms with Gasteiger partial charge >= 0.3 is 0 Å². The number of benzene rings is 1. The predicted octanol–water partition coefficient (Wildman–Crippen LogP) is 1.71. The molecule has 80 valence electrons. The van der Waals surface area contributed by atoms with Crippen molar-refractivity contribution >= 4 is 10.9 Å². The van der Waals surface area contributed by atoms with Crippen LogP contribution < -0.4 is 5.48 Å². The molecule has 1 aromatic heterocycles. The Kier molecular flexibility index (Phi) is 2.99. The third-order valence-corrected chi connectivity index (χ3v) is 2.42. The molecule has 0 unspecified atom stereocenters. The molecular formula is C11H15N3O. The standard InChI is InChI=1S/C11H15N3O/c1-3-14-11-7-5-4-6-9(11)10(13-14)8-12-15-2/h4-7,12H,3,8H2,1-2H3. The Balaban J connectivity index is 2.45. The second-order valence-corrected chi connectivity index (χ2v) is 3.30. The first-order valence-electron chi connectivity index (χ1n) is 5.07. The number of para-hydroxylation sites is 1. The maximum absolute atomic E-state index is 4.84. The summed E-state index contributed by atoms with van der Waals surface area (Å²) in [5, 5.41) is 5.70. The van der Waals surface area contributed by atoms with Crippen molar-refractivity contribution in [3.05, 3.63) is 30.0 Å². The van der Waals surface area contributed by atoms with E-state index in [2.05, 4.69) is 29.6 Å². The predicted molar refractivity (Wildman–Crippen MR) is 59.3 cm³/mol. The Morgan fingerprint density at radius 2 is 2.20 bits per heavy atom. The van der Waals surface area contributed by atoms with Gasteiger partial charge in [-0.05, 0) is 13.0 Å². The van der Waals surface area contributed by atoms with Crippen molar-refractivity contribution in [2.24, 2.45) is 0 Å². The van der Waals surface area contributed by atoms with Crippen LogP contribution in [-0.4, -0.2) is 16.9 Å². The lowest BCUT2D eigenvalue weighted by Gasteiger charge is -1.97. The molecule has 0 aliphatic heterocycles. The molecule has 4 nitrogen and oxygen atoms in total. The van der Waals surface area contributed by atoms with Gasteiger partial charge in [-0.1, -0.05) is 18.2 Å². The fourth-order valence-corrected chi connectivity index (χ4v) is 1.71. The van der Waals surface area contributed by atoms with Crippen molar-refractivity contribution < 1.29 is 4.84 Å². The first-order valence-corrected chi connectivity index (χ1v) is 5.07. The van der Waals surface area contributed by atoms with E-state index in [1.807, 2.05) is 16.8 Å². The van der Waals surface area contributed by atoms with E-state index in [0.717, 1.165) is 12.2 Å². The Morgan fingerprint density at radius 1 is 1.40 bits per heavy atom. The van der Waals surface area contributed by atoms with E-state index < -0.39 is 0 Å². The van der Waals surface area contributed by atoms with E-state index in [4.69, 9.17) is 4.84 Å². The zero-order chi connectivity index (χ0) is 10.7. The van der Waals surface area contributed by atoms with Gasteiger partial charge in [-0.25, -0.2) is 0 Å². The van der Waals surface area contributed by atoms with Crippen LogP contribution in [-0.2, 0) is 17.9 Å². The molecule has 0 aliphatic rings. The summed E-state index contributed by atoms with van der Waals surface area (Å²) in [6.07, 6.45) is 0. The van der Waals surface area contributed by atoms with Crippen molar-refractivity contribution in [1.82, 2.24) is 15.3 Å². The van der Waals surface area contributed by atoms with Gasteiger partial charge in [0.05, 0.1) is 24.9 Å². The lowest BCUT2D eigenvalue weighted by Crippen LogP contribution is -2.11. The molecule has 1 aromatic carbocycles. The minimum Gasteiger partial charge on any atom is -0.305 e. The Bertz CT molecular complexity index is 450. The van der Waals surface area contributed by atoms with E-state index in [9.17, 15) is 0 Å². The van der Waals surface area contributed by atoms with Gasteiger partial charge in [-0.15, -0.1) is 0 Å². The molecule has 0 radical (unpaired) electrons. The summed E-state index contributed by atoms with van der Waals surface area (Å²) in [5.41, 5.74) is 5.01. The molecule has 4 heteroatoms. The summed E-state index contributed by atoms with van der Waals surface area (Å²) in [6, 6.07) is 8.23. The van der Waals surface area contributed by atoms with Crippen LogP contribution in [0.5, 0.6) is 0 Å². The minimum atomic E-state index is 0.629. The van der Waals surface area contributed by atoms with Crippen molar-refractivity contribution in [2.45, 2.75) is 20.0 Å². The van der Waals surface area contributed by atoms with Gasteiger partial charge in [0.25, 0.3) is 0 Å². The topological polar surface area (TPSA) is 39.1 Å². The molecule has 0 spiro atoms. The molecule has 0 bridgehead atoms. The third kappa shape index (κ3) is 1.86. The molecule has 0 saturated carbocycles. The van der Waals surface area contributed by atoms with Crippen LogP contribution in [0.4, 0.5) is 0 Å². The zero-order valence-electron chi connectivity index (χ0n) is 9.03. The Morgan fingerprint density at radius 3 is 2.93 bits per heavy atom. The maximum Gasteiger partial charge on any atom is 0.0864 e. The molecule has 0 amide bonds. The van der Waals surface area contributed by atoms with Gasteiger partial charge in [0.15, 0.2) is 0 Å². The highest BCUT2D eigenvalue weighted by Crippen LogP contribution is 2.17. The fourth-order valence-electron chi connectivity index (χ4n) is 1.71. The van der Waals surface area contributed by atoms with Gasteiger partial charge < -0.3 is 4.84 Å². The molecule has 2 aromatic rings. The van der Waals surface area contributed by atoms with Crippen LogP contribution in [0.25, 0.3) is 10.9 Å². The normalized spacial score (nSPS) is 11.1. The fraction of sp³-hybridized carbons (Fsp3) is 0.364. The second-order valence-electron chi connectivity index (χ2n) is 3.30. The van der Waals surface area contributed by atoms with Gasteiger partial charge in [0, 0.05) is 11.9 Å². The first-order chi connectivity index (χ1) is 7.36. The van der Waals surface area contributed by atoms with Crippen LogP contribution in [0.15, 0.2) is 24.3 Å². The smallest absolute Gasteiger partial charge is 0.0864 e. The van der Waals surface area contributed by atoms with Crippen LogP contribution in [0.1, 0.15) is 12.6 Å². The first kappa shape index (κ1) is 10.1. The second kappa shape index (κ2) is 4.42. The number of fused-ring (bicyclic) bond motifs is 1. The van der Waals surface area contributed by atoms with Crippen LogP contribution in [0.2, 0.25) is 0 Å². The summed E-state index contributed by atoms with van der Waals surface area (Å²) in [7, 11) is 1.61. The molecule has 0 aliphatic carbocycles. The highest BCUT2D eigenvalue weighted by molar-refractivity contribution is 5.81. The molecule has 15 heavy (non-hydrogen) atoms. The summed E-state index contributed by atoms with van der Waals surface area (Å²) in [4.78, 5) is 4.84. The number of hydrogen-bond donors (Lipinski definition) is 1. The molecule has 0 atom stereocenters. The van der Waals surface area contributed by atoms with Crippen molar-refractivity contribution in [3.8, 4) is 0 Å². The highest BCUT2D eigenvalue weighted by Gasteiger charge is 2.07. The number of aryl methyl sites for hydroxylation is 1. The van der Waals surface area contributed by atoms with E-state index in [0.29, 0.717) is 6.54 Å². The van der Waals surface area contributed by atoms with Gasteiger partial charge in [-0.3, -0.25) is 4.68 Å². The average molecular weight is 205 g/mol. The lowest BCUT2D eigenvalue weighted by atomic mass is 10.2. The van der Waals surface area contributed by atoms with E-state index >= 15 is 0 Å². The van der Waals surface area contributed by atoms with Gasteiger partial charge in [0.1, 0.15) is 0 Å². The van der Waals surface area contributed by atoms with Crippen molar-refractivity contribution in [1.29, 1.82) is 0 Å². The molecule has 0 fully saturated rings. The number of nitrogens with one attached hydrogen (secondary N) is 1. The van der Waals surface area contributed by atoms with Gasteiger partial charge in [0.2, 0.25) is 0 Å². The maximum atomic E-state index is 4.84. The van der Waals surface area contributed by atoms with Gasteiger partial charge in [-0.2, -0.15) is 10.6 Å². The quantitative estimate of drug-likeness (QED) is 0.772. The molecule has 1 N–H and O–H groups in total. The summed E-state index contributed by atoms with van der Waals surface area (Å²) in [5.74, 6) is 0. The van der Waals surface area contributed by atoms with Crippen LogP contribution in [0.3, 0.4) is 0 Å². The summed E-state index contributed by atoms with van der Waals surface area (Å²) in [6.45, 7) is 3.60. The SMILES string of the molecule is CCn1nc(CNOC)c2ccccc21. The number of hydroxylamine groups is 1. The van der Waals surface area contributed by atoms with E-state index in [-0.39, 0.29) is 0 Å². The Labute approximate surface area is 88.8 Å². The molecule has 1 heterocycles. The molecular weight excluding hydrogens is 190 g/mol. The average Bonchev–Trinajstić information content (AvgIpc) is 2.65. The van der Waals surface area contributed by atoms with E-state index in [1.165, 1.54) is 10.9 Å². The van der Waals surface area contributed by atoms with Crippen molar-refractivity contribution in [3.63, 3.8) is 0 Å². The summed E-state index contributed by atoms with van der Waals surface area (Å²) < 4.78 is 2.00. The largest absolute Gasteiger partial charge is 0.305 e. The van der Waals surface area contributed by atoms with Crippen LogP contribution in [0, 0.1) is 0 Å². The van der Waals surface area contributed by atoms with Crippen molar-refractivity contribution in [2.75, 3.05) is 7.11 Å². The van der Waals surface area contributed by atoms with Crippen LogP contribution >= 0.6 is 0 Å². The number of aromatic nitrogens is 2. The minimum absolute atomic E-state index is 0.629. The molecule has 2 rings (SSSR count). The lowest BCUT2D eigenvalue weighted by molar-refractivity contribution is 0.0859. The number of rotatable bonds is 4. The highest BCUT2D eigenvalue weighted by atomic mass is 16.6. The zero-order valence-corrected chi connectivity index (χ0v) is 9.03. The Hall–Kier alpha value is -1.39. The number of hydrogen-bond acceptors (Lipinski definition) is 3. The molecule has 0 saturated heterocycles. The summed E-state index contributed by atoms with van der Waals surface area (Å²) >= 11 is 0. The van der Waals surface area contributed by atoms with E-state index in [1.54, 1.807) is 7.11 Å². The monoisotopic (exact) mass is 205 g/mol. The third-order valence-electron chi connectivity index (χ3n) is 2.42.